The van der Waals surface area contributed by atoms with Gasteiger partial charge in [0.2, 0.25) is 10.0 Å². The molecule has 1 atom stereocenters. The molecule has 20 heavy (non-hydrogen) atoms. The zero-order valence-corrected chi connectivity index (χ0v) is 13.9. The Kier molecular flexibility index (Phi) is 5.19. The van der Waals surface area contributed by atoms with E-state index in [0.717, 1.165) is 17.8 Å². The third kappa shape index (κ3) is 3.23. The van der Waals surface area contributed by atoms with Crippen molar-refractivity contribution in [2.45, 2.75) is 30.8 Å². The fourth-order valence-electron chi connectivity index (χ4n) is 2.49. The van der Waals surface area contributed by atoms with Crippen LogP contribution in [-0.4, -0.2) is 57.4 Å². The number of piperazine rings is 1. The number of rotatable bonds is 5. The van der Waals surface area contributed by atoms with Crippen molar-refractivity contribution in [3.63, 3.8) is 0 Å². The zero-order valence-electron chi connectivity index (χ0n) is 12.3. The number of nitrogens with one attached hydrogen (secondary N) is 1. The number of sulfonamides is 1. The van der Waals surface area contributed by atoms with E-state index in [-0.39, 0.29) is 0 Å². The Morgan fingerprint density at radius 2 is 2.20 bits per heavy atom. The first-order valence-corrected chi connectivity index (χ1v) is 9.23. The van der Waals surface area contributed by atoms with Crippen LogP contribution in [-0.2, 0) is 16.6 Å². The van der Waals surface area contributed by atoms with Gasteiger partial charge in [-0.05, 0) is 26.6 Å². The van der Waals surface area contributed by atoms with Crippen molar-refractivity contribution in [3.8, 4) is 0 Å². The number of nitrogens with zero attached hydrogens (tertiary/aromatic N) is 2. The van der Waals surface area contributed by atoms with Gasteiger partial charge in [-0.3, -0.25) is 0 Å². The molecule has 7 heteroatoms. The maximum atomic E-state index is 12.7. The van der Waals surface area contributed by atoms with E-state index >= 15 is 0 Å². The van der Waals surface area contributed by atoms with Crippen LogP contribution in [0.4, 0.5) is 0 Å². The van der Waals surface area contributed by atoms with Crippen LogP contribution in [0, 0.1) is 0 Å². The van der Waals surface area contributed by atoms with Crippen molar-refractivity contribution >= 4 is 21.4 Å². The van der Waals surface area contributed by atoms with Crippen LogP contribution in [0.15, 0.2) is 16.3 Å². The predicted octanol–water partition coefficient (Wildman–Crippen LogP) is 1.18. The maximum absolute atomic E-state index is 12.7. The molecule has 1 aromatic rings. The summed E-state index contributed by atoms with van der Waals surface area (Å²) in [7, 11) is 0.588. The van der Waals surface area contributed by atoms with E-state index in [1.54, 1.807) is 15.8 Å². The number of likely N-dealkylation sites (N-methyl/N-ethyl adjacent to an activating group) is 1. The summed E-state index contributed by atoms with van der Waals surface area (Å²) >= 11 is 1.49. The Morgan fingerprint density at radius 1 is 1.45 bits per heavy atom. The minimum Gasteiger partial charge on any atom is -0.315 e. The molecule has 1 N–H and O–H groups in total. The predicted molar refractivity (Wildman–Crippen MR) is 82.6 cm³/mol. The van der Waals surface area contributed by atoms with Crippen molar-refractivity contribution in [3.05, 3.63) is 16.3 Å². The van der Waals surface area contributed by atoms with Crippen LogP contribution in [0.3, 0.4) is 0 Å². The minimum absolute atomic E-state index is 0.314. The molecule has 1 unspecified atom stereocenters. The Labute approximate surface area is 125 Å². The Balaban J connectivity index is 2.17. The molecule has 0 spiro atoms. The summed E-state index contributed by atoms with van der Waals surface area (Å²) in [4.78, 5) is 3.73. The number of hydrogen-bond acceptors (Lipinski definition) is 5. The van der Waals surface area contributed by atoms with E-state index in [1.165, 1.54) is 11.3 Å². The average molecular weight is 317 g/mol. The summed E-state index contributed by atoms with van der Waals surface area (Å²) in [6, 6.07) is 2.10. The monoisotopic (exact) mass is 317 g/mol. The van der Waals surface area contributed by atoms with E-state index in [1.807, 2.05) is 7.05 Å². The molecule has 0 radical (unpaired) electrons. The number of hydrogen-bond donors (Lipinski definition) is 1. The lowest BCUT2D eigenvalue weighted by Crippen LogP contribution is -2.52. The lowest BCUT2D eigenvalue weighted by molar-refractivity contribution is 0.144. The lowest BCUT2D eigenvalue weighted by atomic mass is 10.1. The highest BCUT2D eigenvalue weighted by Crippen LogP contribution is 2.25. The van der Waals surface area contributed by atoms with E-state index < -0.39 is 10.0 Å². The maximum Gasteiger partial charge on any atom is 0.244 e. The summed E-state index contributed by atoms with van der Waals surface area (Å²) < 4.78 is 27.0. The van der Waals surface area contributed by atoms with Crippen molar-refractivity contribution in [1.29, 1.82) is 0 Å². The molecule has 1 saturated heterocycles. The summed E-state index contributed by atoms with van der Waals surface area (Å²) in [5, 5.41) is 4.80. The van der Waals surface area contributed by atoms with Crippen LogP contribution in [0.5, 0.6) is 0 Å². The fraction of sp³-hybridized carbons (Fsp3) is 0.692. The smallest absolute Gasteiger partial charge is 0.244 e. The molecule has 2 rings (SSSR count). The van der Waals surface area contributed by atoms with Gasteiger partial charge in [0, 0.05) is 42.5 Å². The SMILES string of the molecule is CCC1CN(S(=O)(=O)c2csc(CNC)c2)CCN1C. The van der Waals surface area contributed by atoms with Crippen LogP contribution in [0.2, 0.25) is 0 Å². The van der Waals surface area contributed by atoms with Gasteiger partial charge in [0.25, 0.3) is 0 Å². The molecule has 2 heterocycles. The van der Waals surface area contributed by atoms with Gasteiger partial charge >= 0.3 is 0 Å². The minimum atomic E-state index is -3.34. The van der Waals surface area contributed by atoms with Gasteiger partial charge in [-0.15, -0.1) is 11.3 Å². The van der Waals surface area contributed by atoms with Crippen LogP contribution in [0.25, 0.3) is 0 Å². The second kappa shape index (κ2) is 6.53. The van der Waals surface area contributed by atoms with Gasteiger partial charge < -0.3 is 10.2 Å². The quantitative estimate of drug-likeness (QED) is 0.886. The van der Waals surface area contributed by atoms with Gasteiger partial charge in [-0.1, -0.05) is 6.92 Å². The van der Waals surface area contributed by atoms with Crippen LogP contribution >= 0.6 is 11.3 Å². The van der Waals surface area contributed by atoms with Gasteiger partial charge in [0.05, 0.1) is 4.90 Å². The second-order valence-corrected chi connectivity index (χ2v) is 8.12. The fourth-order valence-corrected chi connectivity index (χ4v) is 5.23. The van der Waals surface area contributed by atoms with Gasteiger partial charge in [-0.25, -0.2) is 8.42 Å². The number of thiophene rings is 1. The highest BCUT2D eigenvalue weighted by atomic mass is 32.2. The second-order valence-electron chi connectivity index (χ2n) is 5.18. The first-order valence-electron chi connectivity index (χ1n) is 6.91. The van der Waals surface area contributed by atoms with Crippen molar-refractivity contribution < 1.29 is 8.42 Å². The Morgan fingerprint density at radius 3 is 2.85 bits per heavy atom. The first kappa shape index (κ1) is 15.9. The molecule has 0 aliphatic carbocycles. The molecular weight excluding hydrogens is 294 g/mol. The molecule has 5 nitrogen and oxygen atoms in total. The van der Waals surface area contributed by atoms with Gasteiger partial charge in [0.15, 0.2) is 0 Å². The van der Waals surface area contributed by atoms with Crippen molar-refractivity contribution in [1.82, 2.24) is 14.5 Å². The lowest BCUT2D eigenvalue weighted by Gasteiger charge is -2.38. The zero-order chi connectivity index (χ0) is 14.8. The summed E-state index contributed by atoms with van der Waals surface area (Å²) in [6.45, 7) is 4.78. The third-order valence-electron chi connectivity index (χ3n) is 3.83. The highest BCUT2D eigenvalue weighted by Gasteiger charge is 2.32. The van der Waals surface area contributed by atoms with E-state index in [9.17, 15) is 8.42 Å². The molecule has 0 bridgehead atoms. The third-order valence-corrected chi connectivity index (χ3v) is 6.76. The summed E-state index contributed by atoms with van der Waals surface area (Å²) in [5.41, 5.74) is 0. The van der Waals surface area contributed by atoms with Crippen molar-refractivity contribution in [2.24, 2.45) is 0 Å². The van der Waals surface area contributed by atoms with E-state index in [2.05, 4.69) is 24.2 Å². The molecule has 1 fully saturated rings. The average Bonchev–Trinajstić information content (AvgIpc) is 2.89. The largest absolute Gasteiger partial charge is 0.315 e. The molecular formula is C13H23N3O2S2. The summed E-state index contributed by atoms with van der Waals surface area (Å²) in [5.74, 6) is 0. The van der Waals surface area contributed by atoms with Gasteiger partial charge in [-0.2, -0.15) is 4.31 Å². The molecule has 1 aliphatic heterocycles. The summed E-state index contributed by atoms with van der Waals surface area (Å²) in [6.07, 6.45) is 0.969. The molecule has 0 aromatic carbocycles. The topological polar surface area (TPSA) is 52.7 Å². The Bertz CT molecular complexity index is 542. The van der Waals surface area contributed by atoms with Gasteiger partial charge in [0.1, 0.15) is 0 Å². The van der Waals surface area contributed by atoms with Crippen molar-refractivity contribution in [2.75, 3.05) is 33.7 Å². The van der Waals surface area contributed by atoms with E-state index in [4.69, 9.17) is 0 Å². The first-order chi connectivity index (χ1) is 9.48. The molecule has 1 aliphatic rings. The van der Waals surface area contributed by atoms with Crippen LogP contribution < -0.4 is 5.32 Å². The highest BCUT2D eigenvalue weighted by molar-refractivity contribution is 7.89. The molecule has 0 amide bonds. The normalized spacial score (nSPS) is 22.2. The van der Waals surface area contributed by atoms with E-state index in [0.29, 0.717) is 30.6 Å². The molecule has 1 aromatic heterocycles. The Hall–Kier alpha value is -0.470. The standard InChI is InChI=1S/C13H23N3O2S2/c1-4-11-9-16(6-5-15(11)3)20(17,18)13-7-12(8-14-2)19-10-13/h7,10-11,14H,4-6,8-9H2,1-3H3. The molecule has 114 valence electrons. The van der Waals surface area contributed by atoms with Crippen LogP contribution in [0.1, 0.15) is 18.2 Å². The molecule has 0 saturated carbocycles.